The average Bonchev–Trinajstić information content (AvgIpc) is 3.67. The van der Waals surface area contributed by atoms with Gasteiger partial charge in [-0.2, -0.15) is 5.10 Å². The molecule has 1 amide bonds. The van der Waals surface area contributed by atoms with Crippen molar-refractivity contribution < 1.29 is 45.4 Å². The van der Waals surface area contributed by atoms with E-state index in [1.54, 1.807) is 38.2 Å². The molecular formula is C34H31F3N4O7S. The van der Waals surface area contributed by atoms with Gasteiger partial charge in [-0.1, -0.05) is 12.1 Å². The topological polar surface area (TPSA) is 146 Å². The smallest absolute Gasteiger partial charge is 0.440 e. The Labute approximate surface area is 279 Å². The molecule has 1 aliphatic heterocycles. The van der Waals surface area contributed by atoms with Crippen LogP contribution in [-0.4, -0.2) is 52.3 Å². The molecule has 0 unspecified atom stereocenters. The van der Waals surface area contributed by atoms with Gasteiger partial charge in [0.1, 0.15) is 11.5 Å². The number of sulfone groups is 1. The largest absolute Gasteiger partial charge is 0.586 e. The number of aryl methyl sites for hydroxylation is 2. The number of hydrogen-bond donors (Lipinski definition) is 2. The summed E-state index contributed by atoms with van der Waals surface area (Å²) in [7, 11) is -2.30. The van der Waals surface area contributed by atoms with E-state index in [0.717, 1.165) is 12.3 Å². The minimum absolute atomic E-state index is 0.132. The van der Waals surface area contributed by atoms with Crippen molar-refractivity contribution in [3.8, 4) is 56.5 Å². The van der Waals surface area contributed by atoms with E-state index < -0.39 is 40.0 Å². The standard InChI is InChI=1S/C34H31F3N4O7S/c1-17-38-30(19-8-10-27-28(13-19)48-34(36,37)47-27)31(46-17)22-11-18(20-12-24(35)23(16-42)29(14-20)49(6,44)45)7-9-21(22)26-15-25(40-41(26)5)32(43)39-33(2,3)4/h7-15,42H,16H2,1-6H3,(H,39,43). The molecule has 1 aliphatic rings. The predicted molar refractivity (Wildman–Crippen MR) is 172 cm³/mol. The second kappa shape index (κ2) is 11.8. The molecule has 0 bridgehead atoms. The molecule has 0 radical (unpaired) electrons. The average molecular weight is 697 g/mol. The van der Waals surface area contributed by atoms with Crippen molar-refractivity contribution in [2.45, 2.75) is 51.0 Å². The Hall–Kier alpha value is -5.15. The quantitative estimate of drug-likeness (QED) is 0.201. The number of ether oxygens (including phenoxy) is 2. The summed E-state index contributed by atoms with van der Waals surface area (Å²) in [5.41, 5.74) is 1.71. The number of carbonyl (C=O) groups is 1. The van der Waals surface area contributed by atoms with Crippen LogP contribution in [0.5, 0.6) is 11.5 Å². The van der Waals surface area contributed by atoms with Crippen LogP contribution in [0.15, 0.2) is 63.9 Å². The van der Waals surface area contributed by atoms with Gasteiger partial charge in [0.2, 0.25) is 0 Å². The molecule has 0 fully saturated rings. The fourth-order valence-corrected chi connectivity index (χ4v) is 6.48. The third kappa shape index (κ3) is 6.63. The summed E-state index contributed by atoms with van der Waals surface area (Å²) >= 11 is 0. The lowest BCUT2D eigenvalue weighted by atomic mass is 9.93. The number of alkyl halides is 2. The highest BCUT2D eigenvalue weighted by Gasteiger charge is 2.43. The third-order valence-corrected chi connectivity index (χ3v) is 8.76. The monoisotopic (exact) mass is 696 g/mol. The van der Waals surface area contributed by atoms with E-state index in [2.05, 4.69) is 24.9 Å². The zero-order valence-corrected chi connectivity index (χ0v) is 28.0. The van der Waals surface area contributed by atoms with Gasteiger partial charge in [0.15, 0.2) is 38.7 Å². The van der Waals surface area contributed by atoms with Crippen LogP contribution in [-0.2, 0) is 23.5 Å². The Kier molecular flexibility index (Phi) is 8.10. The van der Waals surface area contributed by atoms with E-state index >= 15 is 4.39 Å². The maximum absolute atomic E-state index is 15.2. The molecule has 2 N–H and O–H groups in total. The maximum atomic E-state index is 15.2. The van der Waals surface area contributed by atoms with Crippen LogP contribution in [0, 0.1) is 12.7 Å². The highest BCUT2D eigenvalue weighted by atomic mass is 32.2. The fraction of sp³-hybridized carbons (Fsp3) is 0.265. The fourth-order valence-electron chi connectivity index (χ4n) is 5.53. The predicted octanol–water partition coefficient (Wildman–Crippen LogP) is 6.27. The van der Waals surface area contributed by atoms with Gasteiger partial charge in [-0.3, -0.25) is 9.48 Å². The molecule has 256 valence electrons. The maximum Gasteiger partial charge on any atom is 0.586 e. The number of carbonyl (C=O) groups excluding carboxylic acids is 1. The molecule has 0 aliphatic carbocycles. The van der Waals surface area contributed by atoms with Gasteiger partial charge >= 0.3 is 6.29 Å². The number of halogens is 3. The molecule has 11 nitrogen and oxygen atoms in total. The van der Waals surface area contributed by atoms with Crippen LogP contribution < -0.4 is 14.8 Å². The molecule has 3 aromatic carbocycles. The number of amides is 1. The van der Waals surface area contributed by atoms with Crippen molar-refractivity contribution in [2.24, 2.45) is 7.05 Å². The van der Waals surface area contributed by atoms with Crippen LogP contribution >= 0.6 is 0 Å². The van der Waals surface area contributed by atoms with E-state index in [9.17, 15) is 27.1 Å². The Morgan fingerprint density at radius 3 is 2.35 bits per heavy atom. The highest BCUT2D eigenvalue weighted by molar-refractivity contribution is 7.90. The lowest BCUT2D eigenvalue weighted by Gasteiger charge is -2.19. The lowest BCUT2D eigenvalue weighted by molar-refractivity contribution is -0.286. The van der Waals surface area contributed by atoms with Crippen molar-refractivity contribution in [2.75, 3.05) is 6.26 Å². The van der Waals surface area contributed by atoms with Crippen molar-refractivity contribution >= 4 is 15.7 Å². The number of aromatic nitrogens is 3. The summed E-state index contributed by atoms with van der Waals surface area (Å²) in [6.07, 6.45) is -2.92. The number of aliphatic hydroxyl groups excluding tert-OH is 1. The Morgan fingerprint density at radius 1 is 0.980 bits per heavy atom. The van der Waals surface area contributed by atoms with Gasteiger partial charge in [-0.15, -0.1) is 8.78 Å². The molecule has 3 heterocycles. The zero-order chi connectivity index (χ0) is 35.6. The van der Waals surface area contributed by atoms with Crippen LogP contribution in [0.25, 0.3) is 45.0 Å². The van der Waals surface area contributed by atoms with E-state index in [-0.39, 0.29) is 50.6 Å². The number of oxazole rings is 1. The van der Waals surface area contributed by atoms with E-state index in [4.69, 9.17) is 4.42 Å². The number of hydrogen-bond acceptors (Lipinski definition) is 9. The van der Waals surface area contributed by atoms with Crippen molar-refractivity contribution in [3.63, 3.8) is 0 Å². The molecule has 6 rings (SSSR count). The number of benzene rings is 3. The van der Waals surface area contributed by atoms with Crippen LogP contribution in [0.1, 0.15) is 42.7 Å². The molecule has 0 spiro atoms. The Morgan fingerprint density at radius 2 is 1.67 bits per heavy atom. The summed E-state index contributed by atoms with van der Waals surface area (Å²) in [4.78, 5) is 17.2. The molecule has 2 aromatic heterocycles. The van der Waals surface area contributed by atoms with Gasteiger partial charge in [0.25, 0.3) is 5.91 Å². The van der Waals surface area contributed by atoms with E-state index in [0.29, 0.717) is 27.9 Å². The second-order valence-corrected chi connectivity index (χ2v) is 14.6. The first-order chi connectivity index (χ1) is 22.8. The van der Waals surface area contributed by atoms with Crippen LogP contribution in [0.4, 0.5) is 13.2 Å². The molecule has 49 heavy (non-hydrogen) atoms. The highest BCUT2D eigenvalue weighted by Crippen LogP contribution is 2.46. The summed E-state index contributed by atoms with van der Waals surface area (Å²) < 4.78 is 84.9. The zero-order valence-electron chi connectivity index (χ0n) is 27.2. The van der Waals surface area contributed by atoms with Gasteiger partial charge < -0.3 is 24.3 Å². The Balaban J connectivity index is 1.57. The van der Waals surface area contributed by atoms with Gasteiger partial charge in [0, 0.05) is 48.0 Å². The molecule has 15 heteroatoms. The lowest BCUT2D eigenvalue weighted by Crippen LogP contribution is -2.40. The molecule has 0 atom stereocenters. The molecular weight excluding hydrogens is 665 g/mol. The molecule has 0 saturated heterocycles. The normalized spacial score (nSPS) is 13.9. The molecule has 5 aromatic rings. The third-order valence-electron chi connectivity index (χ3n) is 7.60. The minimum atomic E-state index is -3.94. The van der Waals surface area contributed by atoms with Crippen LogP contribution in [0.2, 0.25) is 0 Å². The number of rotatable bonds is 7. The summed E-state index contributed by atoms with van der Waals surface area (Å²) in [5.74, 6) is -1.30. The first-order valence-corrected chi connectivity index (χ1v) is 16.8. The summed E-state index contributed by atoms with van der Waals surface area (Å²) in [6.45, 7) is 6.27. The number of nitrogens with zero attached hydrogens (tertiary/aromatic N) is 3. The first kappa shape index (κ1) is 33.7. The van der Waals surface area contributed by atoms with E-state index in [1.165, 1.54) is 28.9 Å². The van der Waals surface area contributed by atoms with E-state index in [1.807, 2.05) is 20.8 Å². The van der Waals surface area contributed by atoms with Gasteiger partial charge in [0.05, 0.1) is 17.2 Å². The van der Waals surface area contributed by atoms with Crippen molar-refractivity contribution in [1.29, 1.82) is 0 Å². The summed E-state index contributed by atoms with van der Waals surface area (Å²) in [6, 6.07) is 13.1. The van der Waals surface area contributed by atoms with Crippen LogP contribution in [0.3, 0.4) is 0 Å². The van der Waals surface area contributed by atoms with Crippen molar-refractivity contribution in [1.82, 2.24) is 20.1 Å². The SMILES string of the molecule is Cc1nc(-c2ccc3c(c2)OC(F)(F)O3)c(-c2cc(-c3cc(F)c(CO)c(S(C)(=O)=O)c3)ccc2-c2cc(C(=O)NC(C)(C)C)nn2C)o1. The number of aliphatic hydroxyl groups is 1. The number of nitrogens with one attached hydrogen (secondary N) is 1. The number of fused-ring (bicyclic) bond motifs is 1. The van der Waals surface area contributed by atoms with Gasteiger partial charge in [-0.25, -0.2) is 17.8 Å². The minimum Gasteiger partial charge on any atom is -0.440 e. The first-order valence-electron chi connectivity index (χ1n) is 14.9. The van der Waals surface area contributed by atoms with Crippen molar-refractivity contribution in [3.05, 3.63) is 77.6 Å². The Bertz CT molecular complexity index is 2260. The molecule has 0 saturated carbocycles. The van der Waals surface area contributed by atoms with Gasteiger partial charge in [-0.05, 0) is 74.4 Å². The second-order valence-electron chi connectivity index (χ2n) is 12.6. The summed E-state index contributed by atoms with van der Waals surface area (Å²) in [5, 5.41) is 17.0.